The van der Waals surface area contributed by atoms with E-state index in [-0.39, 0.29) is 19.3 Å². The van der Waals surface area contributed by atoms with E-state index in [0.717, 1.165) is 12.0 Å². The van der Waals surface area contributed by atoms with Crippen LogP contribution >= 0.6 is 11.6 Å². The minimum absolute atomic E-state index is 0.0333. The molecule has 1 rings (SSSR count). The molecule has 0 aliphatic carbocycles. The smallest absolute Gasteiger partial charge is 0.0897 e. The van der Waals surface area contributed by atoms with Gasteiger partial charge in [-0.15, -0.1) is 0 Å². The number of ether oxygens (including phenoxy) is 1. The second kappa shape index (κ2) is 9.28. The lowest BCUT2D eigenvalue weighted by Gasteiger charge is -2.17. The molecule has 19 heavy (non-hydrogen) atoms. The first-order valence-electron chi connectivity index (χ1n) is 6.50. The molecule has 0 aliphatic rings. The number of aliphatic hydroxyl groups excluding tert-OH is 2. The zero-order chi connectivity index (χ0) is 14.1. The molecule has 1 aromatic rings. The monoisotopic (exact) mass is 287 g/mol. The van der Waals surface area contributed by atoms with E-state index in [1.807, 2.05) is 31.2 Å². The molecule has 0 saturated heterocycles. The lowest BCUT2D eigenvalue weighted by molar-refractivity contribution is 0.0265. The van der Waals surface area contributed by atoms with E-state index in [0.29, 0.717) is 18.2 Å². The van der Waals surface area contributed by atoms with Crippen LogP contribution in [0.4, 0.5) is 0 Å². The Morgan fingerprint density at radius 3 is 2.58 bits per heavy atom. The predicted molar refractivity (Wildman–Crippen MR) is 76.3 cm³/mol. The van der Waals surface area contributed by atoms with E-state index >= 15 is 0 Å². The highest BCUT2D eigenvalue weighted by Gasteiger charge is 2.08. The molecule has 2 unspecified atom stereocenters. The molecular formula is C14H22ClNO3. The average Bonchev–Trinajstić information content (AvgIpc) is 2.42. The van der Waals surface area contributed by atoms with Crippen LogP contribution in [0.25, 0.3) is 0 Å². The standard InChI is InChI=1S/C14H22ClNO3/c1-2-13(8-17)16-7-14(18)10-19-9-11-3-5-12(15)6-4-11/h3-6,13-14,16-18H,2,7-10H2,1H3. The van der Waals surface area contributed by atoms with Crippen LogP contribution in [-0.2, 0) is 11.3 Å². The van der Waals surface area contributed by atoms with Gasteiger partial charge in [-0.25, -0.2) is 0 Å². The van der Waals surface area contributed by atoms with Crippen LogP contribution in [0.2, 0.25) is 5.02 Å². The molecule has 0 aromatic heterocycles. The minimum atomic E-state index is -0.576. The van der Waals surface area contributed by atoms with Crippen molar-refractivity contribution in [2.24, 2.45) is 0 Å². The predicted octanol–water partition coefficient (Wildman–Crippen LogP) is 1.58. The van der Waals surface area contributed by atoms with Gasteiger partial charge in [-0.1, -0.05) is 30.7 Å². The normalized spacial score (nSPS) is 14.3. The number of benzene rings is 1. The number of hydrogen-bond donors (Lipinski definition) is 3. The van der Waals surface area contributed by atoms with Crippen LogP contribution in [0.3, 0.4) is 0 Å². The number of halogens is 1. The van der Waals surface area contributed by atoms with E-state index in [4.69, 9.17) is 21.4 Å². The molecule has 0 fully saturated rings. The van der Waals surface area contributed by atoms with Crippen LogP contribution in [0.15, 0.2) is 24.3 Å². The van der Waals surface area contributed by atoms with Gasteiger partial charge >= 0.3 is 0 Å². The SMILES string of the molecule is CCC(CO)NCC(O)COCc1ccc(Cl)cc1. The number of aliphatic hydroxyl groups is 2. The molecule has 0 aliphatic heterocycles. The molecule has 0 amide bonds. The van der Waals surface area contributed by atoms with E-state index in [9.17, 15) is 5.11 Å². The van der Waals surface area contributed by atoms with E-state index in [2.05, 4.69) is 5.32 Å². The van der Waals surface area contributed by atoms with Crippen molar-refractivity contribution in [3.63, 3.8) is 0 Å². The molecule has 1 aromatic carbocycles. The van der Waals surface area contributed by atoms with Crippen molar-refractivity contribution < 1.29 is 14.9 Å². The topological polar surface area (TPSA) is 61.7 Å². The summed E-state index contributed by atoms with van der Waals surface area (Å²) in [5.41, 5.74) is 1.02. The molecule has 2 atom stereocenters. The molecule has 5 heteroatoms. The third-order valence-electron chi connectivity index (χ3n) is 2.85. The molecule has 0 radical (unpaired) electrons. The van der Waals surface area contributed by atoms with Crippen LogP contribution in [-0.4, -0.2) is 42.1 Å². The fourth-order valence-corrected chi connectivity index (χ4v) is 1.72. The van der Waals surface area contributed by atoms with Crippen LogP contribution in [0.5, 0.6) is 0 Å². The minimum Gasteiger partial charge on any atom is -0.395 e. The Morgan fingerprint density at radius 1 is 1.32 bits per heavy atom. The quantitative estimate of drug-likeness (QED) is 0.645. The van der Waals surface area contributed by atoms with Gasteiger partial charge < -0.3 is 20.3 Å². The van der Waals surface area contributed by atoms with Crippen LogP contribution in [0, 0.1) is 0 Å². The maximum absolute atomic E-state index is 9.72. The third kappa shape index (κ3) is 6.89. The number of hydrogen-bond acceptors (Lipinski definition) is 4. The van der Waals surface area contributed by atoms with Crippen molar-refractivity contribution in [3.05, 3.63) is 34.9 Å². The summed E-state index contributed by atoms with van der Waals surface area (Å²) in [5, 5.41) is 22.5. The fourth-order valence-electron chi connectivity index (χ4n) is 1.59. The highest BCUT2D eigenvalue weighted by Crippen LogP contribution is 2.10. The zero-order valence-electron chi connectivity index (χ0n) is 11.2. The van der Waals surface area contributed by atoms with Gasteiger partial charge in [-0.05, 0) is 24.1 Å². The van der Waals surface area contributed by atoms with Crippen molar-refractivity contribution >= 4 is 11.6 Å². The molecule has 0 saturated carbocycles. The Labute approximate surface area is 119 Å². The van der Waals surface area contributed by atoms with Gasteiger partial charge in [-0.3, -0.25) is 0 Å². The summed E-state index contributed by atoms with van der Waals surface area (Å²) < 4.78 is 5.43. The van der Waals surface area contributed by atoms with Gasteiger partial charge in [0.25, 0.3) is 0 Å². The largest absolute Gasteiger partial charge is 0.395 e. The molecule has 108 valence electrons. The summed E-state index contributed by atoms with van der Waals surface area (Å²) in [6, 6.07) is 7.44. The maximum atomic E-state index is 9.72. The highest BCUT2D eigenvalue weighted by atomic mass is 35.5. The number of nitrogens with one attached hydrogen (secondary N) is 1. The molecular weight excluding hydrogens is 266 g/mol. The van der Waals surface area contributed by atoms with Crippen molar-refractivity contribution in [2.45, 2.75) is 32.1 Å². The average molecular weight is 288 g/mol. The van der Waals surface area contributed by atoms with Crippen LogP contribution < -0.4 is 5.32 Å². The Morgan fingerprint density at radius 2 is 2.00 bits per heavy atom. The first kappa shape index (κ1) is 16.4. The Hall–Kier alpha value is -0.650. The van der Waals surface area contributed by atoms with Crippen molar-refractivity contribution in [3.8, 4) is 0 Å². The van der Waals surface area contributed by atoms with Gasteiger partial charge in [0, 0.05) is 17.6 Å². The summed E-state index contributed by atoms with van der Waals surface area (Å²) in [4.78, 5) is 0. The molecule has 4 nitrogen and oxygen atoms in total. The van der Waals surface area contributed by atoms with Crippen molar-refractivity contribution in [1.82, 2.24) is 5.32 Å². The molecule has 0 bridgehead atoms. The molecule has 3 N–H and O–H groups in total. The van der Waals surface area contributed by atoms with Gasteiger partial charge in [0.2, 0.25) is 0 Å². The van der Waals surface area contributed by atoms with Gasteiger partial charge in [0.05, 0.1) is 25.9 Å². The van der Waals surface area contributed by atoms with Crippen molar-refractivity contribution in [2.75, 3.05) is 19.8 Å². The second-order valence-electron chi connectivity index (χ2n) is 4.49. The van der Waals surface area contributed by atoms with E-state index in [1.165, 1.54) is 0 Å². The first-order chi connectivity index (χ1) is 9.15. The lowest BCUT2D eigenvalue weighted by Crippen LogP contribution is -2.39. The fraction of sp³-hybridized carbons (Fsp3) is 0.571. The summed E-state index contributed by atoms with van der Waals surface area (Å²) in [5.74, 6) is 0. The van der Waals surface area contributed by atoms with Gasteiger partial charge in [-0.2, -0.15) is 0 Å². The molecule has 0 heterocycles. The van der Waals surface area contributed by atoms with E-state index in [1.54, 1.807) is 0 Å². The zero-order valence-corrected chi connectivity index (χ0v) is 11.9. The Kier molecular flexibility index (Phi) is 8.02. The van der Waals surface area contributed by atoms with Gasteiger partial charge in [0.15, 0.2) is 0 Å². The Balaban J connectivity index is 2.16. The summed E-state index contributed by atoms with van der Waals surface area (Å²) in [6.07, 6.45) is 0.252. The first-order valence-corrected chi connectivity index (χ1v) is 6.88. The van der Waals surface area contributed by atoms with E-state index < -0.39 is 6.10 Å². The highest BCUT2D eigenvalue weighted by molar-refractivity contribution is 6.30. The third-order valence-corrected chi connectivity index (χ3v) is 3.10. The summed E-state index contributed by atoms with van der Waals surface area (Å²) in [6.45, 7) is 3.19. The van der Waals surface area contributed by atoms with Crippen LogP contribution in [0.1, 0.15) is 18.9 Å². The maximum Gasteiger partial charge on any atom is 0.0897 e. The number of rotatable bonds is 9. The Bertz CT molecular complexity index is 341. The summed E-state index contributed by atoms with van der Waals surface area (Å²) in [7, 11) is 0. The lowest BCUT2D eigenvalue weighted by atomic mass is 10.2. The second-order valence-corrected chi connectivity index (χ2v) is 4.93. The van der Waals surface area contributed by atoms with Gasteiger partial charge in [0.1, 0.15) is 0 Å². The molecule has 0 spiro atoms. The van der Waals surface area contributed by atoms with Crippen molar-refractivity contribution in [1.29, 1.82) is 0 Å². The summed E-state index contributed by atoms with van der Waals surface area (Å²) >= 11 is 5.78.